The zero-order valence-electron chi connectivity index (χ0n) is 8.40. The molecule has 0 spiro atoms. The molecular formula is C11H14FNO. The normalized spacial score (nSPS) is 12.9. The van der Waals surface area contributed by atoms with Crippen LogP contribution in [0.5, 0.6) is 0 Å². The topological polar surface area (TPSA) is 20.3 Å². The summed E-state index contributed by atoms with van der Waals surface area (Å²) in [6.45, 7) is 0.362. The Labute approximate surface area is 83.3 Å². The third-order valence-electron chi connectivity index (χ3n) is 1.96. The van der Waals surface area contributed by atoms with Crippen molar-refractivity contribution >= 4 is 6.29 Å². The fourth-order valence-electron chi connectivity index (χ4n) is 1.21. The van der Waals surface area contributed by atoms with E-state index in [1.54, 1.807) is 29.2 Å². The number of alkyl halides is 1. The van der Waals surface area contributed by atoms with E-state index in [2.05, 4.69) is 0 Å². The largest absolute Gasteiger partial charge is 0.306 e. The third kappa shape index (κ3) is 2.92. The number of rotatable bonds is 4. The molecule has 2 nitrogen and oxygen atoms in total. The summed E-state index contributed by atoms with van der Waals surface area (Å²) in [4.78, 5) is 12.2. The Morgan fingerprint density at radius 1 is 1.36 bits per heavy atom. The van der Waals surface area contributed by atoms with Gasteiger partial charge in [0, 0.05) is 12.1 Å². The highest BCUT2D eigenvalue weighted by Gasteiger charge is 2.09. The molecule has 14 heavy (non-hydrogen) atoms. The van der Waals surface area contributed by atoms with Crippen LogP contribution in [0.3, 0.4) is 0 Å². The molecule has 76 valence electrons. The van der Waals surface area contributed by atoms with E-state index in [-0.39, 0.29) is 0 Å². The van der Waals surface area contributed by atoms with Crippen molar-refractivity contribution in [2.45, 2.75) is 6.17 Å². The molecule has 1 aromatic carbocycles. The average Bonchev–Trinajstić information content (AvgIpc) is 2.17. The molecular weight excluding hydrogens is 181 g/mol. The highest BCUT2D eigenvalue weighted by Crippen LogP contribution is 2.17. The van der Waals surface area contributed by atoms with Crippen molar-refractivity contribution in [3.63, 3.8) is 0 Å². The first kappa shape index (κ1) is 10.9. The molecule has 0 heterocycles. The lowest BCUT2D eigenvalue weighted by Crippen LogP contribution is -2.17. The van der Waals surface area contributed by atoms with E-state index in [1.165, 1.54) is 0 Å². The molecule has 0 saturated carbocycles. The van der Waals surface area contributed by atoms with Gasteiger partial charge in [-0.3, -0.25) is 4.79 Å². The van der Waals surface area contributed by atoms with Crippen LogP contribution in [-0.2, 0) is 0 Å². The lowest BCUT2D eigenvalue weighted by Gasteiger charge is -2.14. The molecule has 1 unspecified atom stereocenters. The summed E-state index contributed by atoms with van der Waals surface area (Å²) < 4.78 is 13.5. The third-order valence-corrected chi connectivity index (χ3v) is 1.96. The molecule has 0 amide bonds. The highest BCUT2D eigenvalue weighted by atomic mass is 19.1. The predicted octanol–water partition coefficient (Wildman–Crippen LogP) is 2.07. The van der Waals surface area contributed by atoms with E-state index in [0.717, 1.165) is 6.29 Å². The molecule has 3 heteroatoms. The van der Waals surface area contributed by atoms with Crippen molar-refractivity contribution in [2.24, 2.45) is 0 Å². The highest BCUT2D eigenvalue weighted by molar-refractivity contribution is 5.74. The number of nitrogens with zero attached hydrogens (tertiary/aromatic N) is 1. The minimum Gasteiger partial charge on any atom is -0.306 e. The Balaban J connectivity index is 2.71. The van der Waals surface area contributed by atoms with Crippen LogP contribution in [-0.4, -0.2) is 31.8 Å². The summed E-state index contributed by atoms with van der Waals surface area (Å²) in [5.74, 6) is 0. The lowest BCUT2D eigenvalue weighted by molar-refractivity contribution is 0.112. The van der Waals surface area contributed by atoms with Gasteiger partial charge in [0.25, 0.3) is 0 Å². The number of benzene rings is 1. The number of hydrogen-bond acceptors (Lipinski definition) is 2. The van der Waals surface area contributed by atoms with Gasteiger partial charge in [0.15, 0.2) is 0 Å². The van der Waals surface area contributed by atoms with Crippen LogP contribution in [0.1, 0.15) is 22.1 Å². The predicted molar refractivity (Wildman–Crippen MR) is 54.2 cm³/mol. The first-order valence-electron chi connectivity index (χ1n) is 4.47. The number of aldehydes is 1. The van der Waals surface area contributed by atoms with Crippen LogP contribution in [0, 0.1) is 0 Å². The van der Waals surface area contributed by atoms with Crippen LogP contribution >= 0.6 is 0 Å². The van der Waals surface area contributed by atoms with Gasteiger partial charge >= 0.3 is 0 Å². The molecule has 1 rings (SSSR count). The van der Waals surface area contributed by atoms with Crippen LogP contribution in [0.2, 0.25) is 0 Å². The standard InChI is InChI=1S/C11H14FNO/c1-13(2)7-11(12)10-5-3-9(8-14)4-6-10/h3-6,8,11H,7H2,1-2H3. The second kappa shape index (κ2) is 4.86. The number of carbonyl (C=O) groups is 1. The van der Waals surface area contributed by atoms with E-state index in [1.807, 2.05) is 14.1 Å². The van der Waals surface area contributed by atoms with Crippen molar-refractivity contribution in [3.05, 3.63) is 35.4 Å². The summed E-state index contributed by atoms with van der Waals surface area (Å²) in [5.41, 5.74) is 1.19. The Morgan fingerprint density at radius 3 is 2.36 bits per heavy atom. The number of likely N-dealkylation sites (N-methyl/N-ethyl adjacent to an activating group) is 1. The van der Waals surface area contributed by atoms with E-state index >= 15 is 0 Å². The van der Waals surface area contributed by atoms with E-state index in [9.17, 15) is 9.18 Å². The van der Waals surface area contributed by atoms with E-state index in [4.69, 9.17) is 0 Å². The zero-order valence-corrected chi connectivity index (χ0v) is 8.40. The van der Waals surface area contributed by atoms with Gasteiger partial charge in [0.1, 0.15) is 12.5 Å². The van der Waals surface area contributed by atoms with E-state index < -0.39 is 6.17 Å². The Morgan fingerprint density at radius 2 is 1.93 bits per heavy atom. The molecule has 0 N–H and O–H groups in total. The Kier molecular flexibility index (Phi) is 3.77. The molecule has 0 bridgehead atoms. The van der Waals surface area contributed by atoms with Gasteiger partial charge in [-0.15, -0.1) is 0 Å². The molecule has 0 aliphatic carbocycles. The van der Waals surface area contributed by atoms with Gasteiger partial charge in [-0.25, -0.2) is 4.39 Å². The fraction of sp³-hybridized carbons (Fsp3) is 0.364. The average molecular weight is 195 g/mol. The number of halogens is 1. The molecule has 0 aliphatic heterocycles. The second-order valence-electron chi connectivity index (χ2n) is 3.51. The van der Waals surface area contributed by atoms with Crippen molar-refractivity contribution in [1.29, 1.82) is 0 Å². The smallest absolute Gasteiger partial charge is 0.150 e. The minimum atomic E-state index is -0.995. The monoisotopic (exact) mass is 195 g/mol. The minimum absolute atomic E-state index is 0.362. The number of hydrogen-bond donors (Lipinski definition) is 0. The van der Waals surface area contributed by atoms with Crippen molar-refractivity contribution in [3.8, 4) is 0 Å². The molecule has 1 aromatic rings. The Bertz CT molecular complexity index is 295. The van der Waals surface area contributed by atoms with Gasteiger partial charge in [-0.05, 0) is 19.7 Å². The maximum Gasteiger partial charge on any atom is 0.150 e. The molecule has 0 radical (unpaired) electrons. The SMILES string of the molecule is CN(C)CC(F)c1ccc(C=O)cc1. The van der Waals surface area contributed by atoms with Crippen molar-refractivity contribution in [1.82, 2.24) is 4.90 Å². The summed E-state index contributed by atoms with van der Waals surface area (Å²) in [6, 6.07) is 6.56. The van der Waals surface area contributed by atoms with Gasteiger partial charge in [0.05, 0.1) is 0 Å². The maximum atomic E-state index is 13.5. The zero-order chi connectivity index (χ0) is 10.6. The van der Waals surface area contributed by atoms with Crippen LogP contribution in [0.15, 0.2) is 24.3 Å². The van der Waals surface area contributed by atoms with Gasteiger partial charge in [0.2, 0.25) is 0 Å². The molecule has 0 saturated heterocycles. The molecule has 0 aromatic heterocycles. The maximum absolute atomic E-state index is 13.5. The van der Waals surface area contributed by atoms with Gasteiger partial charge in [-0.2, -0.15) is 0 Å². The van der Waals surface area contributed by atoms with E-state index in [0.29, 0.717) is 17.7 Å². The summed E-state index contributed by atoms with van der Waals surface area (Å²) in [5, 5.41) is 0. The first-order valence-corrected chi connectivity index (χ1v) is 4.47. The van der Waals surface area contributed by atoms with Crippen LogP contribution in [0.4, 0.5) is 4.39 Å². The Hall–Kier alpha value is -1.22. The van der Waals surface area contributed by atoms with Gasteiger partial charge in [-0.1, -0.05) is 24.3 Å². The molecule has 0 fully saturated rings. The van der Waals surface area contributed by atoms with Crippen molar-refractivity contribution < 1.29 is 9.18 Å². The second-order valence-corrected chi connectivity index (χ2v) is 3.51. The number of carbonyl (C=O) groups excluding carboxylic acids is 1. The fourth-order valence-corrected chi connectivity index (χ4v) is 1.21. The molecule has 0 aliphatic rings. The quantitative estimate of drug-likeness (QED) is 0.685. The summed E-state index contributed by atoms with van der Waals surface area (Å²) in [7, 11) is 3.65. The van der Waals surface area contributed by atoms with Gasteiger partial charge < -0.3 is 4.90 Å². The summed E-state index contributed by atoms with van der Waals surface area (Å²) in [6.07, 6.45) is -0.242. The van der Waals surface area contributed by atoms with Crippen LogP contribution < -0.4 is 0 Å². The van der Waals surface area contributed by atoms with Crippen LogP contribution in [0.25, 0.3) is 0 Å². The lowest BCUT2D eigenvalue weighted by atomic mass is 10.1. The summed E-state index contributed by atoms with van der Waals surface area (Å²) >= 11 is 0. The van der Waals surface area contributed by atoms with Crippen molar-refractivity contribution in [2.75, 3.05) is 20.6 Å². The molecule has 1 atom stereocenters. The first-order chi connectivity index (χ1) is 6.63.